The standard InChI is InChI=1S/C6H11N4O/c1-11-5-3-2-4-6-7-9-10-8-6/h1-5H2,(H,7,8,9,10). The van der Waals surface area contributed by atoms with Gasteiger partial charge in [-0.15, -0.1) is 5.10 Å². The topological polar surface area (TPSA) is 63.7 Å². The molecule has 5 heteroatoms. The van der Waals surface area contributed by atoms with Crippen molar-refractivity contribution in [1.82, 2.24) is 20.6 Å². The number of tetrazole rings is 1. The number of aryl methyl sites for hydroxylation is 1. The van der Waals surface area contributed by atoms with E-state index in [0.717, 1.165) is 25.1 Å². The van der Waals surface area contributed by atoms with Crippen LogP contribution in [0.4, 0.5) is 0 Å². The molecule has 0 saturated carbocycles. The second-order valence-corrected chi connectivity index (χ2v) is 2.21. The molecular weight excluding hydrogens is 144 g/mol. The molecule has 0 saturated heterocycles. The van der Waals surface area contributed by atoms with Crippen LogP contribution in [0.5, 0.6) is 0 Å². The first-order valence-electron chi connectivity index (χ1n) is 3.53. The third kappa shape index (κ3) is 3.08. The van der Waals surface area contributed by atoms with E-state index in [1.165, 1.54) is 0 Å². The second kappa shape index (κ2) is 4.79. The minimum absolute atomic E-state index is 0.696. The fourth-order valence-electron chi connectivity index (χ4n) is 0.781. The van der Waals surface area contributed by atoms with Crippen molar-refractivity contribution in [2.75, 3.05) is 6.61 Å². The predicted molar refractivity (Wildman–Crippen MR) is 38.4 cm³/mol. The van der Waals surface area contributed by atoms with E-state index in [9.17, 15) is 0 Å². The van der Waals surface area contributed by atoms with Gasteiger partial charge in [0.25, 0.3) is 0 Å². The molecule has 61 valence electrons. The van der Waals surface area contributed by atoms with Gasteiger partial charge in [0.15, 0.2) is 0 Å². The fourth-order valence-corrected chi connectivity index (χ4v) is 0.781. The summed E-state index contributed by atoms with van der Waals surface area (Å²) >= 11 is 0. The van der Waals surface area contributed by atoms with Crippen LogP contribution in [0.25, 0.3) is 0 Å². The monoisotopic (exact) mass is 155 g/mol. The second-order valence-electron chi connectivity index (χ2n) is 2.21. The minimum Gasteiger partial charge on any atom is -0.379 e. The van der Waals surface area contributed by atoms with Crippen LogP contribution in [0, 0.1) is 7.11 Å². The van der Waals surface area contributed by atoms with Gasteiger partial charge in [-0.1, -0.05) is 0 Å². The molecule has 0 unspecified atom stereocenters. The summed E-state index contributed by atoms with van der Waals surface area (Å²) in [6.45, 7) is 0.696. The molecule has 0 atom stereocenters. The quantitative estimate of drug-likeness (QED) is 0.622. The molecule has 0 amide bonds. The molecule has 0 spiro atoms. The highest BCUT2D eigenvalue weighted by atomic mass is 16.5. The number of hydrogen-bond acceptors (Lipinski definition) is 4. The van der Waals surface area contributed by atoms with Crippen LogP contribution in [-0.2, 0) is 11.2 Å². The first-order valence-corrected chi connectivity index (χ1v) is 3.53. The van der Waals surface area contributed by atoms with Crippen LogP contribution in [0.3, 0.4) is 0 Å². The zero-order chi connectivity index (χ0) is 7.94. The number of rotatable bonds is 5. The van der Waals surface area contributed by atoms with Crippen LogP contribution in [0.2, 0.25) is 0 Å². The van der Waals surface area contributed by atoms with Crippen LogP contribution >= 0.6 is 0 Å². The van der Waals surface area contributed by atoms with E-state index < -0.39 is 0 Å². The van der Waals surface area contributed by atoms with Crippen LogP contribution in [0.15, 0.2) is 0 Å². The zero-order valence-corrected chi connectivity index (χ0v) is 6.29. The molecule has 0 fully saturated rings. The molecule has 1 rings (SSSR count). The van der Waals surface area contributed by atoms with E-state index in [0.29, 0.717) is 6.61 Å². The SMILES string of the molecule is [CH2]OCCCCc1nnn[nH]1. The maximum atomic E-state index is 4.65. The summed E-state index contributed by atoms with van der Waals surface area (Å²) in [5.41, 5.74) is 0. The highest BCUT2D eigenvalue weighted by Crippen LogP contribution is 1.96. The van der Waals surface area contributed by atoms with Crippen molar-refractivity contribution >= 4 is 0 Å². The number of nitrogens with zero attached hydrogens (tertiary/aromatic N) is 3. The molecule has 0 aromatic carbocycles. The molecule has 5 nitrogen and oxygen atoms in total. The van der Waals surface area contributed by atoms with Gasteiger partial charge in [0.05, 0.1) is 7.11 Å². The number of aromatic amines is 1. The van der Waals surface area contributed by atoms with Crippen molar-refractivity contribution in [3.63, 3.8) is 0 Å². The predicted octanol–water partition coefficient (Wildman–Crippen LogP) is 0.331. The minimum atomic E-state index is 0.696. The Balaban J connectivity index is 2.04. The Kier molecular flexibility index (Phi) is 3.54. The first kappa shape index (κ1) is 8.13. The summed E-state index contributed by atoms with van der Waals surface area (Å²) in [7, 11) is 3.27. The van der Waals surface area contributed by atoms with Crippen LogP contribution < -0.4 is 0 Å². The largest absolute Gasteiger partial charge is 0.379 e. The molecule has 0 aliphatic heterocycles. The molecule has 1 N–H and O–H groups in total. The smallest absolute Gasteiger partial charge is 0.148 e. The first-order chi connectivity index (χ1) is 5.43. The Morgan fingerprint density at radius 1 is 1.45 bits per heavy atom. The van der Waals surface area contributed by atoms with Crippen molar-refractivity contribution in [3.8, 4) is 0 Å². The lowest BCUT2D eigenvalue weighted by atomic mass is 10.2. The Morgan fingerprint density at radius 2 is 2.36 bits per heavy atom. The maximum Gasteiger partial charge on any atom is 0.148 e. The lowest BCUT2D eigenvalue weighted by Crippen LogP contribution is -1.92. The lowest BCUT2D eigenvalue weighted by molar-refractivity contribution is 0.234. The molecule has 1 radical (unpaired) electrons. The average molecular weight is 155 g/mol. The Bertz CT molecular complexity index is 175. The van der Waals surface area contributed by atoms with E-state index in [-0.39, 0.29) is 0 Å². The molecule has 0 bridgehead atoms. The third-order valence-electron chi connectivity index (χ3n) is 1.34. The lowest BCUT2D eigenvalue weighted by Gasteiger charge is -1.95. The summed E-state index contributed by atoms with van der Waals surface area (Å²) in [5.74, 6) is 0.828. The van der Waals surface area contributed by atoms with Gasteiger partial charge in [0, 0.05) is 13.0 Å². The summed E-state index contributed by atoms with van der Waals surface area (Å²) in [4.78, 5) is 0. The Morgan fingerprint density at radius 3 is 3.00 bits per heavy atom. The number of unbranched alkanes of at least 4 members (excludes halogenated alkanes) is 1. The van der Waals surface area contributed by atoms with Crippen molar-refractivity contribution in [2.45, 2.75) is 19.3 Å². The van der Waals surface area contributed by atoms with Gasteiger partial charge in [0.1, 0.15) is 5.82 Å². The molecule has 0 aliphatic rings. The normalized spacial score (nSPS) is 10.3. The highest BCUT2D eigenvalue weighted by molar-refractivity contribution is 4.74. The molecule has 0 aliphatic carbocycles. The number of nitrogens with one attached hydrogen (secondary N) is 1. The average Bonchev–Trinajstić information content (AvgIpc) is 2.50. The van der Waals surface area contributed by atoms with Gasteiger partial charge in [-0.2, -0.15) is 0 Å². The van der Waals surface area contributed by atoms with E-state index >= 15 is 0 Å². The van der Waals surface area contributed by atoms with E-state index in [1.807, 2.05) is 0 Å². The van der Waals surface area contributed by atoms with Gasteiger partial charge in [-0.25, -0.2) is 5.10 Å². The zero-order valence-electron chi connectivity index (χ0n) is 6.29. The maximum absolute atomic E-state index is 4.65. The summed E-state index contributed by atoms with van der Waals surface area (Å²) in [5, 5.41) is 13.3. The molecule has 11 heavy (non-hydrogen) atoms. The van der Waals surface area contributed by atoms with Gasteiger partial charge >= 0.3 is 0 Å². The van der Waals surface area contributed by atoms with Crippen LogP contribution in [0.1, 0.15) is 18.7 Å². The third-order valence-corrected chi connectivity index (χ3v) is 1.34. The number of aromatic nitrogens is 4. The van der Waals surface area contributed by atoms with Gasteiger partial charge in [-0.3, -0.25) is 0 Å². The molecule has 1 aromatic rings. The van der Waals surface area contributed by atoms with Gasteiger partial charge in [-0.05, 0) is 23.3 Å². The molecule has 1 heterocycles. The van der Waals surface area contributed by atoms with E-state index in [1.54, 1.807) is 0 Å². The number of hydrogen-bond donors (Lipinski definition) is 1. The molecule has 1 aromatic heterocycles. The van der Waals surface area contributed by atoms with Gasteiger partial charge in [0.2, 0.25) is 0 Å². The van der Waals surface area contributed by atoms with Crippen molar-refractivity contribution in [3.05, 3.63) is 12.9 Å². The van der Waals surface area contributed by atoms with Gasteiger partial charge < -0.3 is 4.74 Å². The summed E-state index contributed by atoms with van der Waals surface area (Å²) in [6, 6.07) is 0. The van der Waals surface area contributed by atoms with Crippen molar-refractivity contribution in [1.29, 1.82) is 0 Å². The van der Waals surface area contributed by atoms with Crippen LogP contribution in [-0.4, -0.2) is 27.2 Å². The van der Waals surface area contributed by atoms with Crippen molar-refractivity contribution < 1.29 is 4.74 Å². The Hall–Kier alpha value is -0.970. The summed E-state index contributed by atoms with van der Waals surface area (Å²) < 4.78 is 4.65. The Labute approximate surface area is 65.1 Å². The number of ether oxygens (including phenoxy) is 1. The van der Waals surface area contributed by atoms with Crippen molar-refractivity contribution in [2.24, 2.45) is 0 Å². The molecular formula is C6H11N4O. The highest BCUT2D eigenvalue weighted by Gasteiger charge is 1.95. The fraction of sp³-hybridized carbons (Fsp3) is 0.667. The number of H-pyrrole nitrogens is 1. The van der Waals surface area contributed by atoms with E-state index in [4.69, 9.17) is 0 Å². The summed E-state index contributed by atoms with van der Waals surface area (Å²) in [6.07, 6.45) is 2.88. The van der Waals surface area contributed by atoms with E-state index in [2.05, 4.69) is 32.5 Å².